The number of piperidine rings is 1. The molecule has 0 radical (unpaired) electrons. The summed E-state index contributed by atoms with van der Waals surface area (Å²) in [6.45, 7) is 5.50. The number of likely N-dealkylation sites (tertiary alicyclic amines) is 1. The third kappa shape index (κ3) is 3.37. The van der Waals surface area contributed by atoms with Crippen molar-refractivity contribution < 1.29 is 0 Å². The quantitative estimate of drug-likeness (QED) is 0.776. The fourth-order valence-corrected chi connectivity index (χ4v) is 2.98. The molecule has 1 saturated heterocycles. The van der Waals surface area contributed by atoms with E-state index >= 15 is 0 Å². The summed E-state index contributed by atoms with van der Waals surface area (Å²) in [6, 6.07) is 5.74. The molecule has 1 nitrogen and oxygen atoms in total. The van der Waals surface area contributed by atoms with Gasteiger partial charge < -0.3 is 0 Å². The Kier molecular flexibility index (Phi) is 4.72. The van der Waals surface area contributed by atoms with Crippen molar-refractivity contribution in [3.8, 4) is 0 Å². The van der Waals surface area contributed by atoms with Crippen LogP contribution in [0.4, 0.5) is 0 Å². The van der Waals surface area contributed by atoms with Gasteiger partial charge in [-0.3, -0.25) is 4.90 Å². The molecule has 0 N–H and O–H groups in total. The second kappa shape index (κ2) is 6.08. The SMILES string of the molecule is CCC1CCN(Cc2c(Cl)cccc2Cl)CC1. The third-order valence-corrected chi connectivity index (χ3v) is 4.44. The van der Waals surface area contributed by atoms with Crippen LogP contribution >= 0.6 is 23.2 Å². The minimum absolute atomic E-state index is 0.787. The Morgan fingerprint density at radius 1 is 1.18 bits per heavy atom. The number of rotatable bonds is 3. The molecule has 0 aliphatic carbocycles. The van der Waals surface area contributed by atoms with E-state index < -0.39 is 0 Å². The molecular weight excluding hydrogens is 253 g/mol. The molecule has 0 bridgehead atoms. The summed E-state index contributed by atoms with van der Waals surface area (Å²) in [5.74, 6) is 0.910. The summed E-state index contributed by atoms with van der Waals surface area (Å²) in [7, 11) is 0. The van der Waals surface area contributed by atoms with Crippen LogP contribution in [0, 0.1) is 5.92 Å². The first-order chi connectivity index (χ1) is 8.20. The summed E-state index contributed by atoms with van der Waals surface area (Å²) in [5, 5.41) is 1.57. The van der Waals surface area contributed by atoms with Gasteiger partial charge in [-0.05, 0) is 44.0 Å². The molecule has 0 spiro atoms. The average molecular weight is 272 g/mol. The summed E-state index contributed by atoms with van der Waals surface area (Å²) < 4.78 is 0. The zero-order chi connectivity index (χ0) is 12.3. The van der Waals surface area contributed by atoms with Gasteiger partial charge in [0.05, 0.1) is 0 Å². The minimum Gasteiger partial charge on any atom is -0.299 e. The van der Waals surface area contributed by atoms with E-state index in [1.54, 1.807) is 0 Å². The summed E-state index contributed by atoms with van der Waals surface area (Å²) in [4.78, 5) is 2.46. The lowest BCUT2D eigenvalue weighted by Gasteiger charge is -2.31. The molecule has 94 valence electrons. The zero-order valence-electron chi connectivity index (χ0n) is 10.3. The van der Waals surface area contributed by atoms with E-state index in [-0.39, 0.29) is 0 Å². The number of halogens is 2. The van der Waals surface area contributed by atoms with Crippen molar-refractivity contribution in [1.29, 1.82) is 0 Å². The Morgan fingerprint density at radius 2 is 1.76 bits per heavy atom. The highest BCUT2D eigenvalue weighted by Crippen LogP contribution is 2.28. The van der Waals surface area contributed by atoms with Gasteiger partial charge in [0.2, 0.25) is 0 Å². The Labute approximate surface area is 114 Å². The molecule has 17 heavy (non-hydrogen) atoms. The first-order valence-electron chi connectivity index (χ1n) is 6.36. The van der Waals surface area contributed by atoms with Crippen molar-refractivity contribution >= 4 is 23.2 Å². The fourth-order valence-electron chi connectivity index (χ4n) is 2.46. The molecule has 0 unspecified atom stereocenters. The van der Waals surface area contributed by atoms with Crippen molar-refractivity contribution in [2.24, 2.45) is 5.92 Å². The monoisotopic (exact) mass is 271 g/mol. The third-order valence-electron chi connectivity index (χ3n) is 3.73. The Bertz CT molecular complexity index is 350. The molecule has 1 aromatic carbocycles. The van der Waals surface area contributed by atoms with Crippen molar-refractivity contribution in [3.05, 3.63) is 33.8 Å². The largest absolute Gasteiger partial charge is 0.299 e. The summed E-state index contributed by atoms with van der Waals surface area (Å²) >= 11 is 12.4. The second-order valence-electron chi connectivity index (χ2n) is 4.83. The van der Waals surface area contributed by atoms with Gasteiger partial charge >= 0.3 is 0 Å². The maximum atomic E-state index is 6.19. The van der Waals surface area contributed by atoms with E-state index in [1.807, 2.05) is 18.2 Å². The Hall–Kier alpha value is -0.240. The molecule has 1 aromatic rings. The van der Waals surface area contributed by atoms with E-state index in [0.29, 0.717) is 0 Å². The van der Waals surface area contributed by atoms with E-state index in [9.17, 15) is 0 Å². The summed E-state index contributed by atoms with van der Waals surface area (Å²) in [6.07, 6.45) is 3.91. The van der Waals surface area contributed by atoms with Crippen LogP contribution in [0.25, 0.3) is 0 Å². The van der Waals surface area contributed by atoms with Crippen molar-refractivity contribution in [2.45, 2.75) is 32.7 Å². The van der Waals surface area contributed by atoms with Crippen LogP contribution in [0.5, 0.6) is 0 Å². The highest BCUT2D eigenvalue weighted by molar-refractivity contribution is 6.35. The highest BCUT2D eigenvalue weighted by Gasteiger charge is 2.19. The topological polar surface area (TPSA) is 3.24 Å². The molecule has 1 heterocycles. The standard InChI is InChI=1S/C14H19Cl2N/c1-2-11-6-8-17(9-7-11)10-12-13(15)4-3-5-14(12)16/h3-5,11H,2,6-10H2,1H3. The lowest BCUT2D eigenvalue weighted by atomic mass is 9.94. The van der Waals surface area contributed by atoms with Crippen molar-refractivity contribution in [3.63, 3.8) is 0 Å². The lowest BCUT2D eigenvalue weighted by Crippen LogP contribution is -2.33. The van der Waals surface area contributed by atoms with E-state index in [2.05, 4.69) is 11.8 Å². The van der Waals surface area contributed by atoms with Crippen LogP contribution in [0.2, 0.25) is 10.0 Å². The Balaban J connectivity index is 1.98. The minimum atomic E-state index is 0.787. The van der Waals surface area contributed by atoms with Gasteiger partial charge in [0, 0.05) is 22.2 Å². The van der Waals surface area contributed by atoms with E-state index in [1.165, 1.54) is 32.4 Å². The van der Waals surface area contributed by atoms with Gasteiger partial charge in [0.15, 0.2) is 0 Å². The normalized spacial score (nSPS) is 18.5. The predicted octanol–water partition coefficient (Wildman–Crippen LogP) is 4.62. The molecule has 1 aliphatic rings. The van der Waals surface area contributed by atoms with Crippen molar-refractivity contribution in [2.75, 3.05) is 13.1 Å². The average Bonchev–Trinajstić information content (AvgIpc) is 2.35. The molecule has 0 atom stereocenters. The van der Waals surface area contributed by atoms with E-state index in [4.69, 9.17) is 23.2 Å². The van der Waals surface area contributed by atoms with Crippen LogP contribution in [0.1, 0.15) is 31.7 Å². The molecule has 3 heteroatoms. The predicted molar refractivity (Wildman–Crippen MR) is 74.8 cm³/mol. The van der Waals surface area contributed by atoms with Gasteiger partial charge in [-0.1, -0.05) is 42.6 Å². The van der Waals surface area contributed by atoms with Crippen LogP contribution in [-0.2, 0) is 6.54 Å². The van der Waals surface area contributed by atoms with Crippen molar-refractivity contribution in [1.82, 2.24) is 4.90 Å². The molecule has 0 saturated carbocycles. The number of nitrogens with zero attached hydrogens (tertiary/aromatic N) is 1. The number of hydrogen-bond acceptors (Lipinski definition) is 1. The Morgan fingerprint density at radius 3 is 2.29 bits per heavy atom. The number of benzene rings is 1. The molecular formula is C14H19Cl2N. The maximum absolute atomic E-state index is 6.19. The van der Waals surface area contributed by atoms with Gasteiger partial charge in [-0.25, -0.2) is 0 Å². The van der Waals surface area contributed by atoms with Crippen LogP contribution in [-0.4, -0.2) is 18.0 Å². The molecule has 0 amide bonds. The molecule has 1 fully saturated rings. The maximum Gasteiger partial charge on any atom is 0.0465 e. The van der Waals surface area contributed by atoms with Gasteiger partial charge in [0.25, 0.3) is 0 Å². The van der Waals surface area contributed by atoms with E-state index in [0.717, 1.165) is 28.1 Å². The lowest BCUT2D eigenvalue weighted by molar-refractivity contribution is 0.175. The van der Waals surface area contributed by atoms with Gasteiger partial charge in [-0.15, -0.1) is 0 Å². The zero-order valence-corrected chi connectivity index (χ0v) is 11.8. The van der Waals surface area contributed by atoms with Crippen LogP contribution < -0.4 is 0 Å². The fraction of sp³-hybridized carbons (Fsp3) is 0.571. The van der Waals surface area contributed by atoms with Crippen LogP contribution in [0.3, 0.4) is 0 Å². The highest BCUT2D eigenvalue weighted by atomic mass is 35.5. The smallest absolute Gasteiger partial charge is 0.0465 e. The summed E-state index contributed by atoms with van der Waals surface area (Å²) in [5.41, 5.74) is 1.07. The molecule has 2 rings (SSSR count). The van der Waals surface area contributed by atoms with Gasteiger partial charge in [0.1, 0.15) is 0 Å². The first-order valence-corrected chi connectivity index (χ1v) is 7.11. The molecule has 0 aromatic heterocycles. The number of hydrogen-bond donors (Lipinski definition) is 0. The first kappa shape index (κ1) is 13.2. The second-order valence-corrected chi connectivity index (χ2v) is 5.64. The van der Waals surface area contributed by atoms with Gasteiger partial charge in [-0.2, -0.15) is 0 Å². The molecule has 1 aliphatic heterocycles. The van der Waals surface area contributed by atoms with Crippen LogP contribution in [0.15, 0.2) is 18.2 Å².